The zero-order chi connectivity index (χ0) is 24.4. The van der Waals surface area contributed by atoms with Crippen molar-refractivity contribution in [3.05, 3.63) is 76.2 Å². The smallest absolute Gasteiger partial charge is 0.329 e. The molecular formula is C25H25N7O3. The number of anilines is 3. The molecule has 0 spiro atoms. The zero-order valence-corrected chi connectivity index (χ0v) is 19.4. The van der Waals surface area contributed by atoms with Crippen LogP contribution in [-0.4, -0.2) is 38.0 Å². The molecule has 5 rings (SSSR count). The molecule has 4 N–H and O–H groups in total. The summed E-state index contributed by atoms with van der Waals surface area (Å²) in [4.78, 5) is 26.1. The highest BCUT2D eigenvalue weighted by molar-refractivity contribution is 5.86. The van der Waals surface area contributed by atoms with E-state index in [1.165, 1.54) is 6.20 Å². The van der Waals surface area contributed by atoms with Gasteiger partial charge in [-0.15, -0.1) is 0 Å². The summed E-state index contributed by atoms with van der Waals surface area (Å²) >= 11 is 0. The Morgan fingerprint density at radius 3 is 2.83 bits per heavy atom. The molecule has 0 aliphatic carbocycles. The summed E-state index contributed by atoms with van der Waals surface area (Å²) in [7, 11) is 0. The van der Waals surface area contributed by atoms with Gasteiger partial charge in [-0.1, -0.05) is 0 Å². The number of hydrogen-bond acceptors (Lipinski definition) is 7. The molecule has 0 unspecified atom stereocenters. The first kappa shape index (κ1) is 22.2. The van der Waals surface area contributed by atoms with Crippen LogP contribution in [0.4, 0.5) is 23.1 Å². The van der Waals surface area contributed by atoms with Crippen LogP contribution in [-0.2, 0) is 6.42 Å². The maximum atomic E-state index is 11.6. The van der Waals surface area contributed by atoms with Crippen LogP contribution in [0.2, 0.25) is 0 Å². The quantitative estimate of drug-likeness (QED) is 0.166. The number of aromatic amines is 2. The van der Waals surface area contributed by atoms with Gasteiger partial charge in [0.2, 0.25) is 11.8 Å². The predicted molar refractivity (Wildman–Crippen MR) is 137 cm³/mol. The SMILES string of the molecule is CCOc1ccc2[nH]cc(CCNc3ncc([N+](=O)[O-])c(Nc4ccc5[nH]c(C)cc5c4)n3)c2c1. The van der Waals surface area contributed by atoms with Gasteiger partial charge in [0.15, 0.2) is 0 Å². The molecule has 10 nitrogen and oxygen atoms in total. The van der Waals surface area contributed by atoms with E-state index in [0.717, 1.165) is 38.8 Å². The van der Waals surface area contributed by atoms with Gasteiger partial charge in [0.05, 0.1) is 11.5 Å². The second-order valence-corrected chi connectivity index (χ2v) is 8.20. The van der Waals surface area contributed by atoms with Crippen molar-refractivity contribution in [2.45, 2.75) is 20.3 Å². The van der Waals surface area contributed by atoms with E-state index in [2.05, 4.69) is 30.6 Å². The topological polar surface area (TPSA) is 134 Å². The summed E-state index contributed by atoms with van der Waals surface area (Å²) in [6.45, 7) is 5.10. The lowest BCUT2D eigenvalue weighted by Crippen LogP contribution is -2.10. The molecule has 2 aromatic carbocycles. The summed E-state index contributed by atoms with van der Waals surface area (Å²) in [5.74, 6) is 1.27. The van der Waals surface area contributed by atoms with Crippen LogP contribution in [0.1, 0.15) is 18.2 Å². The van der Waals surface area contributed by atoms with Gasteiger partial charge in [-0.05, 0) is 68.3 Å². The molecule has 10 heteroatoms. The molecule has 0 saturated heterocycles. The minimum Gasteiger partial charge on any atom is -0.494 e. The van der Waals surface area contributed by atoms with Gasteiger partial charge in [0, 0.05) is 45.9 Å². The Morgan fingerprint density at radius 1 is 1.14 bits per heavy atom. The van der Waals surface area contributed by atoms with Gasteiger partial charge in [-0.25, -0.2) is 4.98 Å². The minimum atomic E-state index is -0.493. The fourth-order valence-corrected chi connectivity index (χ4v) is 4.11. The number of H-pyrrole nitrogens is 2. The van der Waals surface area contributed by atoms with E-state index >= 15 is 0 Å². The van der Waals surface area contributed by atoms with Crippen molar-refractivity contribution in [2.75, 3.05) is 23.8 Å². The van der Waals surface area contributed by atoms with Crippen molar-refractivity contribution < 1.29 is 9.66 Å². The number of aryl methyl sites for hydroxylation is 1. The molecule has 3 aromatic heterocycles. The number of fused-ring (bicyclic) bond motifs is 2. The highest BCUT2D eigenvalue weighted by Crippen LogP contribution is 2.28. The average Bonchev–Trinajstić information content (AvgIpc) is 3.41. The van der Waals surface area contributed by atoms with Crippen LogP contribution in [0.15, 0.2) is 54.9 Å². The first-order chi connectivity index (χ1) is 17.0. The van der Waals surface area contributed by atoms with Crippen LogP contribution in [0.25, 0.3) is 21.8 Å². The summed E-state index contributed by atoms with van der Waals surface area (Å²) < 4.78 is 5.62. The van der Waals surface area contributed by atoms with E-state index in [0.29, 0.717) is 31.2 Å². The van der Waals surface area contributed by atoms with Crippen molar-refractivity contribution in [3.8, 4) is 5.75 Å². The molecule has 0 aliphatic rings. The first-order valence-electron chi connectivity index (χ1n) is 11.3. The lowest BCUT2D eigenvalue weighted by molar-refractivity contribution is -0.384. The molecular weight excluding hydrogens is 446 g/mol. The van der Waals surface area contributed by atoms with E-state index in [4.69, 9.17) is 4.74 Å². The first-order valence-corrected chi connectivity index (χ1v) is 11.3. The third-order valence-corrected chi connectivity index (χ3v) is 5.71. The lowest BCUT2D eigenvalue weighted by Gasteiger charge is -2.09. The fourth-order valence-electron chi connectivity index (χ4n) is 4.11. The molecule has 0 atom stereocenters. The molecule has 178 valence electrons. The number of nitro groups is 1. The summed E-state index contributed by atoms with van der Waals surface area (Å²) in [6, 6.07) is 13.7. The monoisotopic (exact) mass is 471 g/mol. The zero-order valence-electron chi connectivity index (χ0n) is 19.4. The third-order valence-electron chi connectivity index (χ3n) is 5.71. The number of rotatable bonds is 9. The Hall–Kier alpha value is -4.60. The Bertz CT molecular complexity index is 1520. The van der Waals surface area contributed by atoms with Crippen molar-refractivity contribution in [3.63, 3.8) is 0 Å². The van der Waals surface area contributed by atoms with Gasteiger partial charge >= 0.3 is 5.69 Å². The number of aromatic nitrogens is 4. The minimum absolute atomic E-state index is 0.132. The Kier molecular flexibility index (Phi) is 5.92. The maximum absolute atomic E-state index is 11.6. The molecule has 35 heavy (non-hydrogen) atoms. The molecule has 0 fully saturated rings. The van der Waals surface area contributed by atoms with Crippen molar-refractivity contribution in [2.24, 2.45) is 0 Å². The second kappa shape index (κ2) is 9.34. The van der Waals surface area contributed by atoms with Gasteiger partial charge in [-0.2, -0.15) is 4.98 Å². The van der Waals surface area contributed by atoms with Crippen LogP contribution in [0, 0.1) is 17.0 Å². The molecule has 0 saturated carbocycles. The number of ether oxygens (including phenoxy) is 1. The standard InChI is InChI=1S/C25H25N7O3/c1-3-35-19-5-7-22-20(12-19)16(13-27-22)8-9-26-25-28-14-23(32(33)34)24(31-25)30-18-4-6-21-17(11-18)10-15(2)29-21/h4-7,10-14,27,29H,3,8-9H2,1-2H3,(H2,26,28,30,31). The van der Waals surface area contributed by atoms with E-state index < -0.39 is 4.92 Å². The van der Waals surface area contributed by atoms with Gasteiger partial charge in [0.1, 0.15) is 11.9 Å². The predicted octanol–water partition coefficient (Wildman–Crippen LogP) is 5.45. The van der Waals surface area contributed by atoms with Crippen LogP contribution < -0.4 is 15.4 Å². The van der Waals surface area contributed by atoms with Crippen LogP contribution in [0.3, 0.4) is 0 Å². The van der Waals surface area contributed by atoms with Crippen molar-refractivity contribution in [1.29, 1.82) is 0 Å². The van der Waals surface area contributed by atoms with Crippen molar-refractivity contribution >= 4 is 44.9 Å². The Labute approximate surface area is 200 Å². The number of hydrogen-bond donors (Lipinski definition) is 4. The van der Waals surface area contributed by atoms with Crippen molar-refractivity contribution in [1.82, 2.24) is 19.9 Å². The molecule has 5 aromatic rings. The van der Waals surface area contributed by atoms with E-state index in [1.807, 2.05) is 62.5 Å². The molecule has 3 heterocycles. The van der Waals surface area contributed by atoms with Gasteiger partial charge < -0.3 is 25.3 Å². The fraction of sp³-hybridized carbons (Fsp3) is 0.200. The summed E-state index contributed by atoms with van der Waals surface area (Å²) in [5, 5.41) is 19.9. The third kappa shape index (κ3) is 4.72. The average molecular weight is 472 g/mol. The van der Waals surface area contributed by atoms with Gasteiger partial charge in [-0.3, -0.25) is 10.1 Å². The molecule has 0 amide bonds. The number of nitrogens with one attached hydrogen (secondary N) is 4. The maximum Gasteiger partial charge on any atom is 0.329 e. The van der Waals surface area contributed by atoms with E-state index in [9.17, 15) is 10.1 Å². The Morgan fingerprint density at radius 2 is 2.00 bits per heavy atom. The normalized spacial score (nSPS) is 11.1. The molecule has 0 bridgehead atoms. The second-order valence-electron chi connectivity index (χ2n) is 8.20. The molecule has 0 aliphatic heterocycles. The van der Waals surface area contributed by atoms with Gasteiger partial charge in [0.25, 0.3) is 0 Å². The number of nitrogens with zero attached hydrogens (tertiary/aromatic N) is 3. The largest absolute Gasteiger partial charge is 0.494 e. The van der Waals surface area contributed by atoms with Crippen LogP contribution >= 0.6 is 0 Å². The molecule has 0 radical (unpaired) electrons. The Balaban J connectivity index is 1.32. The van der Waals surface area contributed by atoms with E-state index in [-0.39, 0.29) is 11.5 Å². The highest BCUT2D eigenvalue weighted by atomic mass is 16.6. The summed E-state index contributed by atoms with van der Waals surface area (Å²) in [5.41, 5.74) is 4.72. The lowest BCUT2D eigenvalue weighted by atomic mass is 10.1. The number of benzene rings is 2. The van der Waals surface area contributed by atoms with Crippen LogP contribution in [0.5, 0.6) is 5.75 Å². The summed E-state index contributed by atoms with van der Waals surface area (Å²) in [6.07, 6.45) is 3.91. The highest BCUT2D eigenvalue weighted by Gasteiger charge is 2.18. The van der Waals surface area contributed by atoms with E-state index in [1.54, 1.807) is 0 Å².